The van der Waals surface area contributed by atoms with E-state index in [4.69, 9.17) is 11.6 Å². The van der Waals surface area contributed by atoms with E-state index in [9.17, 15) is 4.79 Å². The van der Waals surface area contributed by atoms with E-state index < -0.39 is 0 Å². The average molecular weight is 237 g/mol. The molecule has 2 rings (SSSR count). The number of nitrogens with one attached hydrogen (secondary N) is 2. The summed E-state index contributed by atoms with van der Waals surface area (Å²) < 4.78 is 0. The summed E-state index contributed by atoms with van der Waals surface area (Å²) in [6.45, 7) is 1.77. The average Bonchev–Trinajstić information content (AvgIpc) is 2.68. The van der Waals surface area contributed by atoms with Crippen LogP contribution in [0.4, 0.5) is 5.82 Å². The van der Waals surface area contributed by atoms with E-state index in [0.717, 1.165) is 0 Å². The Morgan fingerprint density at radius 3 is 3.00 bits per heavy atom. The maximum absolute atomic E-state index is 11.8. The first kappa shape index (κ1) is 10.6. The zero-order valence-electron chi connectivity index (χ0n) is 8.49. The van der Waals surface area contributed by atoms with Gasteiger partial charge in [-0.05, 0) is 19.1 Å². The van der Waals surface area contributed by atoms with Crippen molar-refractivity contribution in [3.8, 4) is 0 Å². The topological polar surface area (TPSA) is 70.7 Å². The molecule has 0 bridgehead atoms. The molecule has 2 aromatic heterocycles. The van der Waals surface area contributed by atoms with Gasteiger partial charge in [-0.1, -0.05) is 11.6 Å². The third-order valence-electron chi connectivity index (χ3n) is 2.06. The second kappa shape index (κ2) is 4.32. The number of aryl methyl sites for hydroxylation is 1. The lowest BCUT2D eigenvalue weighted by Crippen LogP contribution is -2.13. The molecule has 1 amide bonds. The maximum Gasteiger partial charge on any atom is 0.260 e. The smallest absolute Gasteiger partial charge is 0.260 e. The Hall–Kier alpha value is -1.88. The van der Waals surface area contributed by atoms with Crippen molar-refractivity contribution in [2.45, 2.75) is 6.92 Å². The highest BCUT2D eigenvalue weighted by Gasteiger charge is 2.12. The fourth-order valence-electron chi connectivity index (χ4n) is 1.23. The van der Waals surface area contributed by atoms with Gasteiger partial charge in [-0.2, -0.15) is 5.10 Å². The summed E-state index contributed by atoms with van der Waals surface area (Å²) in [5.74, 6) is 0.0571. The molecule has 0 unspecified atom stereocenters. The molecule has 0 aliphatic heterocycles. The number of aromatic nitrogens is 3. The number of pyridine rings is 1. The first-order valence-electron chi connectivity index (χ1n) is 4.60. The summed E-state index contributed by atoms with van der Waals surface area (Å²) >= 11 is 5.87. The Balaban J connectivity index is 2.21. The number of amides is 1. The molecule has 6 heteroatoms. The first-order valence-corrected chi connectivity index (χ1v) is 4.98. The summed E-state index contributed by atoms with van der Waals surface area (Å²) in [4.78, 5) is 15.7. The van der Waals surface area contributed by atoms with Gasteiger partial charge in [0.2, 0.25) is 0 Å². The lowest BCUT2D eigenvalue weighted by Gasteiger charge is -2.04. The number of nitrogens with zero attached hydrogens (tertiary/aromatic N) is 2. The van der Waals surface area contributed by atoms with Crippen molar-refractivity contribution >= 4 is 23.3 Å². The van der Waals surface area contributed by atoms with E-state index in [1.165, 1.54) is 6.20 Å². The molecule has 2 aromatic rings. The zero-order chi connectivity index (χ0) is 11.5. The first-order chi connectivity index (χ1) is 7.68. The van der Waals surface area contributed by atoms with Crippen LogP contribution >= 0.6 is 11.6 Å². The second-order valence-corrected chi connectivity index (χ2v) is 3.60. The maximum atomic E-state index is 11.8. The molecule has 0 aliphatic carbocycles. The summed E-state index contributed by atoms with van der Waals surface area (Å²) in [5, 5.41) is 9.46. The van der Waals surface area contributed by atoms with Gasteiger partial charge in [-0.3, -0.25) is 9.89 Å². The van der Waals surface area contributed by atoms with E-state index in [-0.39, 0.29) is 5.91 Å². The molecule has 16 heavy (non-hydrogen) atoms. The van der Waals surface area contributed by atoms with Crippen molar-refractivity contribution in [3.63, 3.8) is 0 Å². The molecule has 0 saturated heterocycles. The quantitative estimate of drug-likeness (QED) is 0.838. The van der Waals surface area contributed by atoms with Gasteiger partial charge in [0.25, 0.3) is 5.91 Å². The molecule has 0 aliphatic rings. The zero-order valence-corrected chi connectivity index (χ0v) is 9.25. The minimum absolute atomic E-state index is 0.285. The van der Waals surface area contributed by atoms with Crippen LogP contribution in [0.25, 0.3) is 0 Å². The summed E-state index contributed by atoms with van der Waals surface area (Å²) in [6.07, 6.45) is 3.02. The van der Waals surface area contributed by atoms with Gasteiger partial charge < -0.3 is 5.32 Å². The molecule has 82 valence electrons. The normalized spacial score (nSPS) is 10.1. The Kier molecular flexibility index (Phi) is 2.87. The van der Waals surface area contributed by atoms with Crippen LogP contribution in [0.15, 0.2) is 24.5 Å². The van der Waals surface area contributed by atoms with Gasteiger partial charge in [0.05, 0.1) is 16.8 Å². The van der Waals surface area contributed by atoms with Crippen LogP contribution in [0.5, 0.6) is 0 Å². The number of hydrogen-bond donors (Lipinski definition) is 2. The molecule has 0 spiro atoms. The van der Waals surface area contributed by atoms with Crippen LogP contribution < -0.4 is 5.32 Å². The number of H-pyrrole nitrogens is 1. The molecule has 0 atom stereocenters. The molecular weight excluding hydrogens is 228 g/mol. The Morgan fingerprint density at radius 1 is 1.56 bits per heavy atom. The van der Waals surface area contributed by atoms with Crippen molar-refractivity contribution in [2.24, 2.45) is 0 Å². The van der Waals surface area contributed by atoms with Crippen LogP contribution in [-0.4, -0.2) is 21.1 Å². The number of anilines is 1. The van der Waals surface area contributed by atoms with Crippen LogP contribution in [0.2, 0.25) is 5.02 Å². The SMILES string of the molecule is Cc1[nH]ncc1C(=O)Nc1ncccc1Cl. The minimum atomic E-state index is -0.285. The number of halogens is 1. The van der Waals surface area contributed by atoms with E-state index in [0.29, 0.717) is 22.1 Å². The number of carbonyl (C=O) groups is 1. The highest BCUT2D eigenvalue weighted by molar-refractivity contribution is 6.33. The van der Waals surface area contributed by atoms with Crippen molar-refractivity contribution in [2.75, 3.05) is 5.32 Å². The predicted molar refractivity (Wildman–Crippen MR) is 60.5 cm³/mol. The lowest BCUT2D eigenvalue weighted by atomic mass is 10.2. The number of rotatable bonds is 2. The van der Waals surface area contributed by atoms with Crippen molar-refractivity contribution in [3.05, 3.63) is 40.8 Å². The van der Waals surface area contributed by atoms with Crippen molar-refractivity contribution in [1.82, 2.24) is 15.2 Å². The fourth-order valence-corrected chi connectivity index (χ4v) is 1.40. The van der Waals surface area contributed by atoms with Crippen LogP contribution in [0.3, 0.4) is 0 Å². The molecule has 0 radical (unpaired) electrons. The van der Waals surface area contributed by atoms with Crippen LogP contribution in [0, 0.1) is 6.92 Å². The Morgan fingerprint density at radius 2 is 2.38 bits per heavy atom. The minimum Gasteiger partial charge on any atom is -0.305 e. The van der Waals surface area contributed by atoms with Gasteiger partial charge in [0.15, 0.2) is 5.82 Å². The number of hydrogen-bond acceptors (Lipinski definition) is 3. The molecule has 2 N–H and O–H groups in total. The van der Waals surface area contributed by atoms with Crippen LogP contribution in [0.1, 0.15) is 16.1 Å². The Labute approximate surface area is 96.8 Å². The Bertz CT molecular complexity index is 523. The third-order valence-corrected chi connectivity index (χ3v) is 2.37. The fraction of sp³-hybridized carbons (Fsp3) is 0.100. The molecule has 2 heterocycles. The largest absolute Gasteiger partial charge is 0.305 e. The van der Waals surface area contributed by atoms with Crippen molar-refractivity contribution in [1.29, 1.82) is 0 Å². The monoisotopic (exact) mass is 236 g/mol. The molecular formula is C10H9ClN4O. The summed E-state index contributed by atoms with van der Waals surface area (Å²) in [5.41, 5.74) is 1.17. The van der Waals surface area contributed by atoms with Gasteiger partial charge >= 0.3 is 0 Å². The van der Waals surface area contributed by atoms with E-state index in [1.54, 1.807) is 25.3 Å². The standard InChI is InChI=1S/C10H9ClN4O/c1-6-7(5-13-15-6)10(16)14-9-8(11)3-2-4-12-9/h2-5H,1H3,(H,13,15)(H,12,14,16). The predicted octanol–water partition coefficient (Wildman–Crippen LogP) is 2.02. The number of aromatic amines is 1. The third kappa shape index (κ3) is 2.04. The highest BCUT2D eigenvalue weighted by atomic mass is 35.5. The van der Waals surface area contributed by atoms with Crippen LogP contribution in [-0.2, 0) is 0 Å². The van der Waals surface area contributed by atoms with E-state index in [1.807, 2.05) is 0 Å². The molecule has 0 aromatic carbocycles. The van der Waals surface area contributed by atoms with Crippen molar-refractivity contribution < 1.29 is 4.79 Å². The number of carbonyl (C=O) groups excluding carboxylic acids is 1. The van der Waals surface area contributed by atoms with E-state index >= 15 is 0 Å². The van der Waals surface area contributed by atoms with Gasteiger partial charge in [-0.15, -0.1) is 0 Å². The second-order valence-electron chi connectivity index (χ2n) is 3.20. The van der Waals surface area contributed by atoms with Gasteiger partial charge in [-0.25, -0.2) is 4.98 Å². The van der Waals surface area contributed by atoms with Gasteiger partial charge in [0.1, 0.15) is 0 Å². The lowest BCUT2D eigenvalue weighted by molar-refractivity contribution is 0.102. The molecule has 0 saturated carbocycles. The highest BCUT2D eigenvalue weighted by Crippen LogP contribution is 2.18. The van der Waals surface area contributed by atoms with E-state index in [2.05, 4.69) is 20.5 Å². The molecule has 0 fully saturated rings. The molecule has 5 nitrogen and oxygen atoms in total. The van der Waals surface area contributed by atoms with Gasteiger partial charge in [0, 0.05) is 11.9 Å². The summed E-state index contributed by atoms with van der Waals surface area (Å²) in [6, 6.07) is 3.35. The summed E-state index contributed by atoms with van der Waals surface area (Å²) in [7, 11) is 0.